The first kappa shape index (κ1) is 12.0. The van der Waals surface area contributed by atoms with E-state index in [-0.39, 0.29) is 0 Å². The molecule has 2 saturated heterocycles. The van der Waals surface area contributed by atoms with Gasteiger partial charge in [-0.1, -0.05) is 12.8 Å². The van der Waals surface area contributed by atoms with Gasteiger partial charge in [-0.05, 0) is 70.0 Å². The first-order chi connectivity index (χ1) is 8.43. The number of hydrogen-bond acceptors (Lipinski definition) is 2. The Bertz CT molecular complexity index is 229. The fourth-order valence-corrected chi connectivity index (χ4v) is 4.35. The van der Waals surface area contributed by atoms with Crippen LogP contribution in [0, 0.1) is 11.8 Å². The molecule has 0 spiro atoms. The second-order valence-corrected chi connectivity index (χ2v) is 6.44. The molecule has 3 rings (SSSR count). The topological polar surface area (TPSA) is 15.3 Å². The van der Waals surface area contributed by atoms with Gasteiger partial charge in [-0.3, -0.25) is 4.90 Å². The number of likely N-dealkylation sites (tertiary alicyclic amines) is 1. The minimum Gasteiger partial charge on any atom is -0.317 e. The van der Waals surface area contributed by atoms with Crippen LogP contribution in [0.4, 0.5) is 0 Å². The van der Waals surface area contributed by atoms with Crippen LogP contribution in [-0.4, -0.2) is 37.1 Å². The Morgan fingerprint density at radius 1 is 0.882 bits per heavy atom. The van der Waals surface area contributed by atoms with E-state index in [1.807, 2.05) is 0 Å². The van der Waals surface area contributed by atoms with E-state index in [0.717, 1.165) is 17.9 Å². The third kappa shape index (κ3) is 2.85. The maximum atomic E-state index is 3.49. The van der Waals surface area contributed by atoms with Gasteiger partial charge in [0.1, 0.15) is 0 Å². The number of hydrogen-bond donors (Lipinski definition) is 1. The zero-order valence-electron chi connectivity index (χ0n) is 11.2. The van der Waals surface area contributed by atoms with Gasteiger partial charge in [-0.15, -0.1) is 0 Å². The number of nitrogens with zero attached hydrogens (tertiary/aromatic N) is 1. The van der Waals surface area contributed by atoms with Gasteiger partial charge in [0.2, 0.25) is 0 Å². The Morgan fingerprint density at radius 2 is 1.65 bits per heavy atom. The van der Waals surface area contributed by atoms with E-state index in [2.05, 4.69) is 10.2 Å². The molecule has 3 aliphatic rings. The maximum absolute atomic E-state index is 3.49. The molecule has 2 heterocycles. The van der Waals surface area contributed by atoms with Crippen LogP contribution in [0.1, 0.15) is 51.4 Å². The van der Waals surface area contributed by atoms with E-state index < -0.39 is 0 Å². The summed E-state index contributed by atoms with van der Waals surface area (Å²) in [5.74, 6) is 2.04. The number of rotatable bonds is 3. The van der Waals surface area contributed by atoms with Gasteiger partial charge in [-0.25, -0.2) is 0 Å². The predicted molar refractivity (Wildman–Crippen MR) is 72.1 cm³/mol. The summed E-state index contributed by atoms with van der Waals surface area (Å²) in [6.07, 6.45) is 11.8. The van der Waals surface area contributed by atoms with Gasteiger partial charge in [0.05, 0.1) is 0 Å². The molecule has 17 heavy (non-hydrogen) atoms. The smallest absolute Gasteiger partial charge is 0.0124 e. The minimum absolute atomic E-state index is 0.965. The summed E-state index contributed by atoms with van der Waals surface area (Å²) in [6.45, 7) is 5.31. The lowest BCUT2D eigenvalue weighted by atomic mass is 9.93. The Balaban J connectivity index is 1.53. The zero-order chi connectivity index (χ0) is 11.5. The first-order valence-electron chi connectivity index (χ1n) is 7.88. The second kappa shape index (κ2) is 5.71. The standard InChI is InChI=1S/C15H28N2/c1-2-5-14(4-1)15-6-3-11-17(15)12-13-7-9-16-10-8-13/h13-16H,1-12H2. The molecule has 1 saturated carbocycles. The van der Waals surface area contributed by atoms with Crippen molar-refractivity contribution in [2.45, 2.75) is 57.4 Å². The molecule has 1 N–H and O–H groups in total. The molecule has 98 valence electrons. The van der Waals surface area contributed by atoms with Gasteiger partial charge >= 0.3 is 0 Å². The predicted octanol–water partition coefficient (Wildman–Crippen LogP) is 2.64. The summed E-state index contributed by atoms with van der Waals surface area (Å²) in [7, 11) is 0. The summed E-state index contributed by atoms with van der Waals surface area (Å²) in [6, 6.07) is 0.965. The molecule has 0 aromatic carbocycles. The molecule has 1 atom stereocenters. The van der Waals surface area contributed by atoms with Crippen LogP contribution in [0.5, 0.6) is 0 Å². The monoisotopic (exact) mass is 236 g/mol. The van der Waals surface area contributed by atoms with Crippen LogP contribution in [0.2, 0.25) is 0 Å². The summed E-state index contributed by atoms with van der Waals surface area (Å²) in [5, 5.41) is 3.49. The summed E-state index contributed by atoms with van der Waals surface area (Å²) in [4.78, 5) is 2.87. The molecule has 3 fully saturated rings. The van der Waals surface area contributed by atoms with E-state index >= 15 is 0 Å². The Morgan fingerprint density at radius 3 is 2.41 bits per heavy atom. The van der Waals surface area contributed by atoms with Gasteiger partial charge < -0.3 is 5.32 Å². The van der Waals surface area contributed by atoms with Crippen LogP contribution < -0.4 is 5.32 Å². The molecule has 0 aromatic rings. The number of piperidine rings is 1. The van der Waals surface area contributed by atoms with Gasteiger partial charge in [-0.2, -0.15) is 0 Å². The lowest BCUT2D eigenvalue weighted by Gasteiger charge is -2.34. The van der Waals surface area contributed by atoms with Crippen LogP contribution in [0.15, 0.2) is 0 Å². The van der Waals surface area contributed by atoms with Crippen LogP contribution >= 0.6 is 0 Å². The molecule has 0 aromatic heterocycles. The van der Waals surface area contributed by atoms with E-state index in [9.17, 15) is 0 Å². The SMILES string of the molecule is C1CCC(C2CCCN2CC2CCNCC2)C1. The second-order valence-electron chi connectivity index (χ2n) is 6.44. The average molecular weight is 236 g/mol. The minimum atomic E-state index is 0.965. The van der Waals surface area contributed by atoms with Crippen LogP contribution in [0.25, 0.3) is 0 Å². The van der Waals surface area contributed by atoms with Gasteiger partial charge in [0.25, 0.3) is 0 Å². The van der Waals surface area contributed by atoms with Crippen LogP contribution in [-0.2, 0) is 0 Å². The van der Waals surface area contributed by atoms with E-state index in [1.165, 1.54) is 77.5 Å². The Labute approximate surface area is 106 Å². The fourth-order valence-electron chi connectivity index (χ4n) is 4.35. The Kier molecular flexibility index (Phi) is 4.02. The van der Waals surface area contributed by atoms with Crippen molar-refractivity contribution in [3.63, 3.8) is 0 Å². The molecule has 2 aliphatic heterocycles. The average Bonchev–Trinajstić information content (AvgIpc) is 3.00. The normalized spacial score (nSPS) is 33.5. The highest BCUT2D eigenvalue weighted by Gasteiger charge is 2.34. The van der Waals surface area contributed by atoms with Crippen molar-refractivity contribution in [3.8, 4) is 0 Å². The van der Waals surface area contributed by atoms with E-state index in [1.54, 1.807) is 0 Å². The molecule has 2 nitrogen and oxygen atoms in total. The molecule has 0 bridgehead atoms. The zero-order valence-corrected chi connectivity index (χ0v) is 11.2. The molecule has 0 radical (unpaired) electrons. The van der Waals surface area contributed by atoms with Crippen molar-refractivity contribution >= 4 is 0 Å². The third-order valence-corrected chi connectivity index (χ3v) is 5.31. The fraction of sp³-hybridized carbons (Fsp3) is 1.00. The van der Waals surface area contributed by atoms with E-state index in [4.69, 9.17) is 0 Å². The summed E-state index contributed by atoms with van der Waals surface area (Å²) >= 11 is 0. The molecule has 1 unspecified atom stereocenters. The molecule has 1 aliphatic carbocycles. The highest BCUT2D eigenvalue weighted by Crippen LogP contribution is 2.36. The van der Waals surface area contributed by atoms with Crippen molar-refractivity contribution in [3.05, 3.63) is 0 Å². The van der Waals surface area contributed by atoms with E-state index in [0.29, 0.717) is 0 Å². The largest absolute Gasteiger partial charge is 0.317 e. The van der Waals surface area contributed by atoms with Crippen molar-refractivity contribution in [1.29, 1.82) is 0 Å². The molecular weight excluding hydrogens is 208 g/mol. The van der Waals surface area contributed by atoms with Crippen molar-refractivity contribution in [2.75, 3.05) is 26.2 Å². The lowest BCUT2D eigenvalue weighted by molar-refractivity contribution is 0.151. The molecule has 0 amide bonds. The van der Waals surface area contributed by atoms with Gasteiger partial charge in [0, 0.05) is 12.6 Å². The maximum Gasteiger partial charge on any atom is 0.0124 e. The quantitative estimate of drug-likeness (QED) is 0.810. The van der Waals surface area contributed by atoms with Gasteiger partial charge in [0.15, 0.2) is 0 Å². The Hall–Kier alpha value is -0.0800. The third-order valence-electron chi connectivity index (χ3n) is 5.31. The summed E-state index contributed by atoms with van der Waals surface area (Å²) in [5.41, 5.74) is 0. The molecule has 2 heteroatoms. The van der Waals surface area contributed by atoms with Crippen molar-refractivity contribution < 1.29 is 0 Å². The van der Waals surface area contributed by atoms with Crippen molar-refractivity contribution in [2.24, 2.45) is 11.8 Å². The first-order valence-corrected chi connectivity index (χ1v) is 7.88. The number of nitrogens with one attached hydrogen (secondary N) is 1. The highest BCUT2D eigenvalue weighted by molar-refractivity contribution is 4.88. The van der Waals surface area contributed by atoms with Crippen LogP contribution in [0.3, 0.4) is 0 Å². The summed E-state index contributed by atoms with van der Waals surface area (Å²) < 4.78 is 0. The molecular formula is C15H28N2. The highest BCUT2D eigenvalue weighted by atomic mass is 15.2. The lowest BCUT2D eigenvalue weighted by Crippen LogP contribution is -2.40. The van der Waals surface area contributed by atoms with Crippen molar-refractivity contribution in [1.82, 2.24) is 10.2 Å².